The maximum Gasteiger partial charge on any atom is 0.326 e. The van der Waals surface area contributed by atoms with Crippen molar-refractivity contribution in [1.82, 2.24) is 15.1 Å². The number of carbonyl (C=O) groups excluding carboxylic acids is 4. The van der Waals surface area contributed by atoms with Crippen LogP contribution >= 0.6 is 0 Å². The molecular weight excluding hydrogens is 326 g/mol. The van der Waals surface area contributed by atoms with Gasteiger partial charge in [-0.2, -0.15) is 0 Å². The topological polar surface area (TPSA) is 96.0 Å². The lowest BCUT2D eigenvalue weighted by Gasteiger charge is -2.30. The molecule has 2 heterocycles. The number of hydrogen-bond donors (Lipinski definition) is 1. The summed E-state index contributed by atoms with van der Waals surface area (Å²) in [5, 5.41) is 2.65. The molecule has 0 aromatic rings. The van der Waals surface area contributed by atoms with Crippen LogP contribution in [0.5, 0.6) is 0 Å². The normalized spacial score (nSPS) is 22.8. The lowest BCUT2D eigenvalue weighted by atomic mass is 9.93. The molecule has 4 amide bonds. The van der Waals surface area contributed by atoms with Crippen LogP contribution in [-0.2, 0) is 19.1 Å². The zero-order valence-corrected chi connectivity index (χ0v) is 15.2. The zero-order valence-electron chi connectivity index (χ0n) is 15.2. The van der Waals surface area contributed by atoms with E-state index in [9.17, 15) is 19.2 Å². The summed E-state index contributed by atoms with van der Waals surface area (Å²) in [4.78, 5) is 51.0. The Kier molecular flexibility index (Phi) is 6.02. The van der Waals surface area contributed by atoms with Gasteiger partial charge in [0.1, 0.15) is 12.1 Å². The molecule has 8 nitrogen and oxygen atoms in total. The Morgan fingerprint density at radius 1 is 1.28 bits per heavy atom. The second-order valence-electron chi connectivity index (χ2n) is 6.86. The molecule has 2 rings (SSSR count). The number of nitrogens with one attached hydrogen (secondary N) is 1. The number of ether oxygens (including phenoxy) is 1. The van der Waals surface area contributed by atoms with Crippen LogP contribution < -0.4 is 5.32 Å². The summed E-state index contributed by atoms with van der Waals surface area (Å²) in [6, 6.07) is -0.596. The molecular formula is C17H27N3O5. The van der Waals surface area contributed by atoms with Crippen LogP contribution in [0, 0.1) is 5.92 Å². The first-order chi connectivity index (χ1) is 11.8. The second-order valence-corrected chi connectivity index (χ2v) is 6.86. The minimum Gasteiger partial charge on any atom is -0.454 e. The van der Waals surface area contributed by atoms with Gasteiger partial charge in [0.2, 0.25) is 0 Å². The highest BCUT2D eigenvalue weighted by atomic mass is 16.5. The number of nitrogens with zero attached hydrogens (tertiary/aromatic N) is 2. The predicted octanol–water partition coefficient (Wildman–Crippen LogP) is 0.899. The molecule has 2 aliphatic heterocycles. The van der Waals surface area contributed by atoms with E-state index in [4.69, 9.17) is 4.74 Å². The van der Waals surface area contributed by atoms with Crippen molar-refractivity contribution in [2.75, 3.05) is 26.2 Å². The average Bonchev–Trinajstić information content (AvgIpc) is 2.84. The van der Waals surface area contributed by atoms with E-state index in [-0.39, 0.29) is 12.5 Å². The number of amides is 4. The monoisotopic (exact) mass is 353 g/mol. The molecule has 0 radical (unpaired) electrons. The molecule has 8 heteroatoms. The Morgan fingerprint density at radius 2 is 1.96 bits per heavy atom. The van der Waals surface area contributed by atoms with E-state index in [1.165, 1.54) is 0 Å². The second kappa shape index (κ2) is 7.84. The van der Waals surface area contributed by atoms with Crippen molar-refractivity contribution in [3.63, 3.8) is 0 Å². The van der Waals surface area contributed by atoms with Crippen LogP contribution in [0.25, 0.3) is 0 Å². The third-order valence-electron chi connectivity index (χ3n) is 5.11. The van der Waals surface area contributed by atoms with E-state index >= 15 is 0 Å². The van der Waals surface area contributed by atoms with E-state index < -0.39 is 30.0 Å². The summed E-state index contributed by atoms with van der Waals surface area (Å²) in [5.41, 5.74) is -0.947. The van der Waals surface area contributed by atoms with Crippen molar-refractivity contribution in [2.45, 2.75) is 52.0 Å². The van der Waals surface area contributed by atoms with Gasteiger partial charge in [0.15, 0.2) is 6.61 Å². The number of hydrogen-bond acceptors (Lipinski definition) is 5. The van der Waals surface area contributed by atoms with E-state index in [0.29, 0.717) is 31.8 Å². The summed E-state index contributed by atoms with van der Waals surface area (Å²) in [7, 11) is 0. The van der Waals surface area contributed by atoms with Crippen LogP contribution in [0.2, 0.25) is 0 Å². The van der Waals surface area contributed by atoms with E-state index in [1.807, 2.05) is 13.8 Å². The van der Waals surface area contributed by atoms with Crippen molar-refractivity contribution in [3.05, 3.63) is 0 Å². The van der Waals surface area contributed by atoms with Gasteiger partial charge in [-0.25, -0.2) is 4.79 Å². The van der Waals surface area contributed by atoms with Crippen molar-refractivity contribution < 1.29 is 23.9 Å². The Labute approximate surface area is 147 Å². The van der Waals surface area contributed by atoms with Gasteiger partial charge < -0.3 is 15.0 Å². The van der Waals surface area contributed by atoms with Gasteiger partial charge in [0.25, 0.3) is 11.8 Å². The predicted molar refractivity (Wildman–Crippen MR) is 89.5 cm³/mol. The molecule has 1 N–H and O–H groups in total. The van der Waals surface area contributed by atoms with Gasteiger partial charge in [-0.1, -0.05) is 20.8 Å². The lowest BCUT2D eigenvalue weighted by molar-refractivity contribution is -0.154. The summed E-state index contributed by atoms with van der Waals surface area (Å²) in [5.74, 6) is -0.982. The Balaban J connectivity index is 1.85. The number of esters is 1. The first kappa shape index (κ1) is 19.2. The molecule has 25 heavy (non-hydrogen) atoms. The van der Waals surface area contributed by atoms with Crippen molar-refractivity contribution >= 4 is 23.8 Å². The fraction of sp³-hybridized carbons (Fsp3) is 0.765. The fourth-order valence-electron chi connectivity index (χ4n) is 3.37. The van der Waals surface area contributed by atoms with Crippen molar-refractivity contribution in [2.24, 2.45) is 5.92 Å². The molecule has 0 aromatic heterocycles. The first-order valence-corrected chi connectivity index (χ1v) is 8.90. The number of likely N-dealkylation sites (tertiary alicyclic amines) is 1. The highest BCUT2D eigenvalue weighted by Gasteiger charge is 2.49. The van der Waals surface area contributed by atoms with Crippen molar-refractivity contribution in [1.29, 1.82) is 0 Å². The molecule has 0 aromatic carbocycles. The van der Waals surface area contributed by atoms with E-state index in [0.717, 1.165) is 17.7 Å². The average molecular weight is 353 g/mol. The molecule has 0 aliphatic carbocycles. The lowest BCUT2D eigenvalue weighted by Crippen LogP contribution is -2.46. The van der Waals surface area contributed by atoms with Gasteiger partial charge in [-0.3, -0.25) is 19.3 Å². The van der Waals surface area contributed by atoms with E-state index in [1.54, 1.807) is 4.90 Å². The number of urea groups is 1. The Morgan fingerprint density at radius 3 is 2.52 bits per heavy atom. The maximum absolute atomic E-state index is 12.4. The maximum atomic E-state index is 12.4. The molecule has 1 atom stereocenters. The highest BCUT2D eigenvalue weighted by molar-refractivity contribution is 6.08. The standard InChI is InChI=1S/C17H27N3O5/c1-4-17(5-2)15(23)20(16(24)18-17)10-14(22)25-11-13(21)19-8-6-7-12(3)9-19/h12H,4-11H2,1-3H3,(H,18,24)/t12-/m1/s1. The Hall–Kier alpha value is -2.12. The van der Waals surface area contributed by atoms with Crippen LogP contribution in [0.1, 0.15) is 46.5 Å². The molecule has 2 fully saturated rings. The molecule has 0 spiro atoms. The van der Waals surface area contributed by atoms with Gasteiger partial charge >= 0.3 is 12.0 Å². The first-order valence-electron chi connectivity index (χ1n) is 8.90. The van der Waals surface area contributed by atoms with Crippen LogP contribution in [0.3, 0.4) is 0 Å². The molecule has 0 unspecified atom stereocenters. The fourth-order valence-corrected chi connectivity index (χ4v) is 3.37. The summed E-state index contributed by atoms with van der Waals surface area (Å²) < 4.78 is 4.98. The SMILES string of the molecule is CCC1(CC)NC(=O)N(CC(=O)OCC(=O)N2CCC[C@@H](C)C2)C1=O. The minimum absolute atomic E-state index is 0.242. The largest absolute Gasteiger partial charge is 0.454 e. The Bertz CT molecular complexity index is 558. The summed E-state index contributed by atoms with van der Waals surface area (Å²) in [6.45, 7) is 6.19. The van der Waals surface area contributed by atoms with Gasteiger partial charge in [-0.05, 0) is 31.6 Å². The van der Waals surface area contributed by atoms with Gasteiger partial charge in [-0.15, -0.1) is 0 Å². The molecule has 0 saturated carbocycles. The third kappa shape index (κ3) is 4.11. The van der Waals surface area contributed by atoms with E-state index in [2.05, 4.69) is 12.2 Å². The van der Waals surface area contributed by atoms with Crippen LogP contribution in [-0.4, -0.2) is 65.4 Å². The zero-order chi connectivity index (χ0) is 18.6. The van der Waals surface area contributed by atoms with Gasteiger partial charge in [0, 0.05) is 13.1 Å². The van der Waals surface area contributed by atoms with Gasteiger partial charge in [0.05, 0.1) is 0 Å². The molecule has 2 saturated heterocycles. The molecule has 140 valence electrons. The molecule has 2 aliphatic rings. The summed E-state index contributed by atoms with van der Waals surface area (Å²) >= 11 is 0. The number of carbonyl (C=O) groups is 4. The number of rotatable bonds is 6. The number of piperidine rings is 1. The number of imide groups is 1. The van der Waals surface area contributed by atoms with Crippen LogP contribution in [0.15, 0.2) is 0 Å². The smallest absolute Gasteiger partial charge is 0.326 e. The quantitative estimate of drug-likeness (QED) is 0.565. The minimum atomic E-state index is -0.947. The summed E-state index contributed by atoms with van der Waals surface area (Å²) in [6.07, 6.45) is 2.93. The van der Waals surface area contributed by atoms with Crippen LogP contribution in [0.4, 0.5) is 4.79 Å². The highest BCUT2D eigenvalue weighted by Crippen LogP contribution is 2.24. The third-order valence-corrected chi connectivity index (χ3v) is 5.11. The molecule has 0 bridgehead atoms. The van der Waals surface area contributed by atoms with Crippen molar-refractivity contribution in [3.8, 4) is 0 Å².